The quantitative estimate of drug-likeness (QED) is 0.634. The second-order valence-corrected chi connectivity index (χ2v) is 6.74. The Balaban J connectivity index is 2.43. The summed E-state index contributed by atoms with van der Waals surface area (Å²) >= 11 is 0. The average Bonchev–Trinajstić information content (AvgIpc) is 2.52. The monoisotopic (exact) mass is 333 g/mol. The molecule has 1 aromatic heterocycles. The highest BCUT2D eigenvalue weighted by Gasteiger charge is 2.11. The Labute approximate surface area is 133 Å². The molecule has 0 fully saturated rings. The van der Waals surface area contributed by atoms with Gasteiger partial charge in [0.1, 0.15) is 0 Å². The average molecular weight is 333 g/mol. The molecule has 23 heavy (non-hydrogen) atoms. The van der Waals surface area contributed by atoms with Crippen molar-refractivity contribution in [3.05, 3.63) is 64.7 Å². The molecule has 0 radical (unpaired) electrons. The van der Waals surface area contributed by atoms with Gasteiger partial charge in [-0.15, -0.1) is 0 Å². The summed E-state index contributed by atoms with van der Waals surface area (Å²) in [7, 11) is -1.66. The van der Waals surface area contributed by atoms with Gasteiger partial charge in [-0.2, -0.15) is 5.10 Å². The van der Waals surface area contributed by atoms with Crippen molar-refractivity contribution >= 4 is 15.6 Å². The van der Waals surface area contributed by atoms with Gasteiger partial charge in [0.05, 0.1) is 10.6 Å². The number of nitrogens with one attached hydrogen (secondary N) is 1. The largest absolute Gasteiger partial charge is 0.394 e. The lowest BCUT2D eigenvalue weighted by Crippen LogP contribution is -2.19. The number of aromatic nitrogens is 2. The molecule has 0 unspecified atom stereocenters. The van der Waals surface area contributed by atoms with E-state index in [1.165, 1.54) is 41.4 Å². The van der Waals surface area contributed by atoms with E-state index in [1.54, 1.807) is 19.2 Å². The summed E-state index contributed by atoms with van der Waals surface area (Å²) in [5.74, 6) is -0.522. The van der Waals surface area contributed by atoms with Crippen LogP contribution in [-0.4, -0.2) is 37.3 Å². The van der Waals surface area contributed by atoms with E-state index in [-0.39, 0.29) is 10.6 Å². The SMILES string of the molecule is CNC=CC(=O)c1nn(-c2ccc(S(C)(=O)=O)cc2)ccc1=O. The number of rotatable bonds is 5. The first-order chi connectivity index (χ1) is 10.8. The minimum absolute atomic E-state index is 0.176. The van der Waals surface area contributed by atoms with Crippen LogP contribution in [0.3, 0.4) is 0 Å². The number of carbonyl (C=O) groups is 1. The summed E-state index contributed by atoms with van der Waals surface area (Å²) in [6.07, 6.45) is 5.14. The van der Waals surface area contributed by atoms with Crippen LogP contribution in [0.1, 0.15) is 10.5 Å². The van der Waals surface area contributed by atoms with Crippen LogP contribution in [0.25, 0.3) is 5.69 Å². The van der Waals surface area contributed by atoms with E-state index >= 15 is 0 Å². The van der Waals surface area contributed by atoms with Gasteiger partial charge < -0.3 is 5.32 Å². The third-order valence-electron chi connectivity index (χ3n) is 2.97. The third kappa shape index (κ3) is 3.92. The van der Waals surface area contributed by atoms with Crippen molar-refractivity contribution in [2.75, 3.05) is 13.3 Å². The standard InChI is InChI=1S/C15H15N3O4S/c1-16-9-7-13(19)15-14(20)8-10-18(17-15)11-3-5-12(6-4-11)23(2,21)22/h3-10,16H,1-2H3. The number of allylic oxidation sites excluding steroid dienone is 1. The molecular weight excluding hydrogens is 318 g/mol. The van der Waals surface area contributed by atoms with E-state index < -0.39 is 21.0 Å². The topological polar surface area (TPSA) is 98.1 Å². The maximum atomic E-state index is 11.9. The van der Waals surface area contributed by atoms with Gasteiger partial charge in [0.25, 0.3) is 0 Å². The molecule has 0 aliphatic heterocycles. The van der Waals surface area contributed by atoms with E-state index in [1.807, 2.05) is 0 Å². The van der Waals surface area contributed by atoms with Crippen molar-refractivity contribution in [2.45, 2.75) is 4.90 Å². The molecule has 0 spiro atoms. The first-order valence-corrected chi connectivity index (χ1v) is 8.50. The Morgan fingerprint density at radius 3 is 2.43 bits per heavy atom. The summed E-state index contributed by atoms with van der Waals surface area (Å²) in [6, 6.07) is 7.20. The molecule has 8 heteroatoms. The third-order valence-corrected chi connectivity index (χ3v) is 4.10. The predicted molar refractivity (Wildman–Crippen MR) is 85.5 cm³/mol. The van der Waals surface area contributed by atoms with Crippen LogP contribution in [0.5, 0.6) is 0 Å². The molecule has 0 aliphatic carbocycles. The lowest BCUT2D eigenvalue weighted by molar-refractivity contribution is 0.103. The van der Waals surface area contributed by atoms with E-state index in [2.05, 4.69) is 10.4 Å². The van der Waals surface area contributed by atoms with Crippen molar-refractivity contribution < 1.29 is 13.2 Å². The highest BCUT2D eigenvalue weighted by molar-refractivity contribution is 7.90. The van der Waals surface area contributed by atoms with Gasteiger partial charge in [0.2, 0.25) is 11.2 Å². The van der Waals surface area contributed by atoms with E-state index in [9.17, 15) is 18.0 Å². The molecule has 0 aliphatic rings. The first kappa shape index (κ1) is 16.6. The highest BCUT2D eigenvalue weighted by Crippen LogP contribution is 2.12. The first-order valence-electron chi connectivity index (χ1n) is 6.61. The molecule has 0 bridgehead atoms. The normalized spacial score (nSPS) is 11.6. The minimum atomic E-state index is -3.29. The summed E-state index contributed by atoms with van der Waals surface area (Å²) in [5, 5.41) is 6.67. The number of ketones is 1. The fraction of sp³-hybridized carbons (Fsp3) is 0.133. The minimum Gasteiger partial charge on any atom is -0.394 e. The molecule has 7 nitrogen and oxygen atoms in total. The second kappa shape index (κ2) is 6.57. The zero-order valence-corrected chi connectivity index (χ0v) is 13.4. The molecule has 0 atom stereocenters. The molecule has 2 rings (SSSR count). The van der Waals surface area contributed by atoms with Crippen LogP contribution in [0.15, 0.2) is 58.5 Å². The maximum absolute atomic E-state index is 11.9. The Hall–Kier alpha value is -2.74. The van der Waals surface area contributed by atoms with Gasteiger partial charge in [0.15, 0.2) is 15.5 Å². The number of sulfone groups is 1. The van der Waals surface area contributed by atoms with Crippen LogP contribution in [0, 0.1) is 0 Å². The number of carbonyl (C=O) groups excluding carboxylic acids is 1. The van der Waals surface area contributed by atoms with E-state index in [0.717, 1.165) is 6.26 Å². The van der Waals surface area contributed by atoms with Gasteiger partial charge in [-0.05, 0) is 24.3 Å². The van der Waals surface area contributed by atoms with Crippen molar-refractivity contribution in [2.24, 2.45) is 0 Å². The highest BCUT2D eigenvalue weighted by atomic mass is 32.2. The molecular formula is C15H15N3O4S. The Morgan fingerprint density at radius 1 is 1.22 bits per heavy atom. The summed E-state index contributed by atoms with van der Waals surface area (Å²) < 4.78 is 24.2. The summed E-state index contributed by atoms with van der Waals surface area (Å²) in [4.78, 5) is 23.9. The number of benzene rings is 1. The van der Waals surface area contributed by atoms with Crippen LogP contribution in [-0.2, 0) is 9.84 Å². The smallest absolute Gasteiger partial charge is 0.211 e. The number of nitrogens with zero attached hydrogens (tertiary/aromatic N) is 2. The van der Waals surface area contributed by atoms with Crippen molar-refractivity contribution in [3.8, 4) is 5.69 Å². The van der Waals surface area contributed by atoms with Crippen LogP contribution < -0.4 is 10.7 Å². The van der Waals surface area contributed by atoms with Gasteiger partial charge in [-0.3, -0.25) is 9.59 Å². The molecule has 0 amide bonds. The van der Waals surface area contributed by atoms with E-state index in [4.69, 9.17) is 0 Å². The molecule has 0 saturated carbocycles. The molecule has 1 aromatic carbocycles. The molecule has 120 valence electrons. The second-order valence-electron chi connectivity index (χ2n) is 4.73. The maximum Gasteiger partial charge on any atom is 0.211 e. The van der Waals surface area contributed by atoms with Crippen molar-refractivity contribution in [1.82, 2.24) is 15.1 Å². The molecule has 2 aromatic rings. The van der Waals surface area contributed by atoms with Gasteiger partial charge in [0, 0.05) is 37.8 Å². The van der Waals surface area contributed by atoms with Crippen LogP contribution >= 0.6 is 0 Å². The fourth-order valence-electron chi connectivity index (χ4n) is 1.81. The summed E-state index contributed by atoms with van der Waals surface area (Å²) in [6.45, 7) is 0. The predicted octanol–water partition coefficient (Wildman–Crippen LogP) is 0.552. The van der Waals surface area contributed by atoms with Crippen LogP contribution in [0.2, 0.25) is 0 Å². The van der Waals surface area contributed by atoms with Crippen molar-refractivity contribution in [1.29, 1.82) is 0 Å². The Kier molecular flexibility index (Phi) is 4.75. The van der Waals surface area contributed by atoms with Gasteiger partial charge >= 0.3 is 0 Å². The lowest BCUT2D eigenvalue weighted by atomic mass is 10.2. The van der Waals surface area contributed by atoms with Crippen LogP contribution in [0.4, 0.5) is 0 Å². The molecule has 1 N–H and O–H groups in total. The zero-order valence-electron chi connectivity index (χ0n) is 12.6. The lowest BCUT2D eigenvalue weighted by Gasteiger charge is -2.07. The van der Waals surface area contributed by atoms with Gasteiger partial charge in [-0.1, -0.05) is 0 Å². The van der Waals surface area contributed by atoms with E-state index in [0.29, 0.717) is 5.69 Å². The molecule has 1 heterocycles. The summed E-state index contributed by atoms with van der Waals surface area (Å²) in [5.41, 5.74) is -0.171. The zero-order chi connectivity index (χ0) is 17.0. The Morgan fingerprint density at radius 2 is 1.87 bits per heavy atom. The van der Waals surface area contributed by atoms with Crippen molar-refractivity contribution in [3.63, 3.8) is 0 Å². The molecule has 0 saturated heterocycles. The van der Waals surface area contributed by atoms with Gasteiger partial charge in [-0.25, -0.2) is 13.1 Å². The fourth-order valence-corrected chi connectivity index (χ4v) is 2.44. The number of hydrogen-bond acceptors (Lipinski definition) is 6. The Bertz CT molecular complexity index is 912. The number of hydrogen-bond donors (Lipinski definition) is 1.